The Morgan fingerprint density at radius 1 is 1.44 bits per heavy atom. The van der Waals surface area contributed by atoms with Gasteiger partial charge in [0.15, 0.2) is 0 Å². The van der Waals surface area contributed by atoms with Crippen LogP contribution in [0, 0.1) is 6.92 Å². The Balaban J connectivity index is 1.86. The number of hydrogen-bond acceptors (Lipinski definition) is 3. The van der Waals surface area contributed by atoms with E-state index in [0.29, 0.717) is 6.54 Å². The Kier molecular flexibility index (Phi) is 3.36. The molecule has 0 spiro atoms. The average Bonchev–Trinajstić information content (AvgIpc) is 2.85. The Morgan fingerprint density at radius 2 is 2.12 bits per heavy atom. The number of aliphatic hydroxyl groups is 1. The van der Waals surface area contributed by atoms with E-state index >= 15 is 0 Å². The lowest BCUT2D eigenvalue weighted by atomic mass is 10.0. The fourth-order valence-electron chi connectivity index (χ4n) is 2.34. The Morgan fingerprint density at radius 3 is 2.69 bits per heavy atom. The topological polar surface area (TPSA) is 45.4 Å². The fourth-order valence-corrected chi connectivity index (χ4v) is 2.34. The zero-order valence-corrected chi connectivity index (χ0v) is 10.1. The number of hydrogen-bond donors (Lipinski definition) is 2. The van der Waals surface area contributed by atoms with Crippen molar-refractivity contribution in [1.29, 1.82) is 0 Å². The molecule has 0 aromatic carbocycles. The van der Waals surface area contributed by atoms with Gasteiger partial charge in [-0.25, -0.2) is 0 Å². The molecule has 0 saturated heterocycles. The van der Waals surface area contributed by atoms with Crippen molar-refractivity contribution in [2.45, 2.75) is 51.2 Å². The van der Waals surface area contributed by atoms with Crippen LogP contribution >= 0.6 is 0 Å². The molecule has 90 valence electrons. The molecule has 1 heterocycles. The van der Waals surface area contributed by atoms with E-state index in [1.54, 1.807) is 0 Å². The van der Waals surface area contributed by atoms with E-state index in [1.165, 1.54) is 0 Å². The summed E-state index contributed by atoms with van der Waals surface area (Å²) in [7, 11) is 0. The van der Waals surface area contributed by atoms with Crippen LogP contribution in [0.1, 0.15) is 50.2 Å². The molecule has 1 aromatic rings. The number of rotatable bonds is 4. The molecule has 0 radical (unpaired) electrons. The summed E-state index contributed by atoms with van der Waals surface area (Å²) in [6.45, 7) is 4.67. The zero-order valence-electron chi connectivity index (χ0n) is 10.1. The summed E-state index contributed by atoms with van der Waals surface area (Å²) in [5, 5.41) is 13.6. The molecule has 2 rings (SSSR count). The molecule has 0 aliphatic heterocycles. The van der Waals surface area contributed by atoms with Gasteiger partial charge in [-0.2, -0.15) is 0 Å². The molecule has 1 aliphatic rings. The smallest absolute Gasteiger partial charge is 0.120 e. The lowest BCUT2D eigenvalue weighted by Crippen LogP contribution is -2.38. The van der Waals surface area contributed by atoms with Gasteiger partial charge in [0.1, 0.15) is 11.5 Å². The minimum absolute atomic E-state index is 0.165. The third kappa shape index (κ3) is 2.66. The molecule has 3 nitrogen and oxygen atoms in total. The molecule has 1 atom stereocenters. The first kappa shape index (κ1) is 11.7. The van der Waals surface area contributed by atoms with Crippen LogP contribution in [-0.4, -0.2) is 17.3 Å². The van der Waals surface area contributed by atoms with Gasteiger partial charge in [-0.3, -0.25) is 0 Å². The first-order valence-electron chi connectivity index (χ1n) is 6.11. The first-order chi connectivity index (χ1) is 7.59. The Bertz CT molecular complexity index is 339. The van der Waals surface area contributed by atoms with E-state index in [9.17, 15) is 5.11 Å². The van der Waals surface area contributed by atoms with Gasteiger partial charge in [-0.15, -0.1) is 0 Å². The second-order valence-corrected chi connectivity index (χ2v) is 4.98. The highest BCUT2D eigenvalue weighted by Crippen LogP contribution is 2.29. The third-order valence-electron chi connectivity index (χ3n) is 3.46. The van der Waals surface area contributed by atoms with Crippen molar-refractivity contribution in [3.63, 3.8) is 0 Å². The lowest BCUT2D eigenvalue weighted by molar-refractivity contribution is 0.0447. The maximum absolute atomic E-state index is 10.2. The molecular weight excluding hydrogens is 202 g/mol. The molecule has 1 saturated carbocycles. The molecule has 0 bridgehead atoms. The molecule has 1 unspecified atom stereocenters. The second-order valence-electron chi connectivity index (χ2n) is 4.98. The predicted molar refractivity (Wildman–Crippen MR) is 63.3 cm³/mol. The van der Waals surface area contributed by atoms with Gasteiger partial charge in [-0.1, -0.05) is 12.8 Å². The van der Waals surface area contributed by atoms with E-state index in [2.05, 4.69) is 12.2 Å². The highest BCUT2D eigenvalue weighted by Gasteiger charge is 2.31. The predicted octanol–water partition coefficient (Wildman–Crippen LogP) is 2.54. The van der Waals surface area contributed by atoms with Gasteiger partial charge in [0, 0.05) is 6.54 Å². The van der Waals surface area contributed by atoms with Crippen LogP contribution in [0.2, 0.25) is 0 Å². The molecule has 1 aromatic heterocycles. The zero-order chi connectivity index (χ0) is 11.6. The van der Waals surface area contributed by atoms with Crippen LogP contribution in [0.5, 0.6) is 0 Å². The van der Waals surface area contributed by atoms with Gasteiger partial charge in [0.25, 0.3) is 0 Å². The lowest BCUT2D eigenvalue weighted by Gasteiger charge is -2.24. The van der Waals surface area contributed by atoms with E-state index in [1.807, 2.05) is 19.1 Å². The van der Waals surface area contributed by atoms with Gasteiger partial charge in [0.05, 0.1) is 11.6 Å². The summed E-state index contributed by atoms with van der Waals surface area (Å²) in [6.07, 6.45) is 4.13. The van der Waals surface area contributed by atoms with Crippen LogP contribution in [0.25, 0.3) is 0 Å². The minimum Gasteiger partial charge on any atom is -0.465 e. The highest BCUT2D eigenvalue weighted by atomic mass is 16.3. The van der Waals surface area contributed by atoms with Crippen LogP contribution in [0.3, 0.4) is 0 Å². The highest BCUT2D eigenvalue weighted by molar-refractivity contribution is 5.09. The average molecular weight is 223 g/mol. The van der Waals surface area contributed by atoms with Crippen molar-refractivity contribution in [3.8, 4) is 0 Å². The van der Waals surface area contributed by atoms with Gasteiger partial charge in [0.2, 0.25) is 0 Å². The molecule has 16 heavy (non-hydrogen) atoms. The quantitative estimate of drug-likeness (QED) is 0.824. The summed E-state index contributed by atoms with van der Waals surface area (Å²) >= 11 is 0. The van der Waals surface area contributed by atoms with Crippen molar-refractivity contribution < 1.29 is 9.52 Å². The molecule has 3 heteroatoms. The van der Waals surface area contributed by atoms with Crippen LogP contribution < -0.4 is 5.32 Å². The minimum atomic E-state index is -0.490. The molecule has 1 aliphatic carbocycles. The number of aryl methyl sites for hydroxylation is 1. The van der Waals surface area contributed by atoms with Crippen LogP contribution in [0.4, 0.5) is 0 Å². The number of nitrogens with one attached hydrogen (secondary N) is 1. The van der Waals surface area contributed by atoms with Crippen molar-refractivity contribution in [2.24, 2.45) is 0 Å². The Labute approximate surface area is 96.8 Å². The summed E-state index contributed by atoms with van der Waals surface area (Å²) in [4.78, 5) is 0. The van der Waals surface area contributed by atoms with Crippen LogP contribution in [-0.2, 0) is 0 Å². The van der Waals surface area contributed by atoms with E-state index < -0.39 is 5.60 Å². The van der Waals surface area contributed by atoms with E-state index in [0.717, 1.165) is 37.2 Å². The summed E-state index contributed by atoms with van der Waals surface area (Å²) in [6, 6.07) is 4.13. The maximum Gasteiger partial charge on any atom is 0.120 e. The maximum atomic E-state index is 10.2. The Hall–Kier alpha value is -0.800. The van der Waals surface area contributed by atoms with E-state index in [4.69, 9.17) is 4.42 Å². The monoisotopic (exact) mass is 223 g/mol. The van der Waals surface area contributed by atoms with Crippen molar-refractivity contribution >= 4 is 0 Å². The van der Waals surface area contributed by atoms with Gasteiger partial charge < -0.3 is 14.8 Å². The van der Waals surface area contributed by atoms with Crippen molar-refractivity contribution in [2.75, 3.05) is 6.54 Å². The normalized spacial score (nSPS) is 21.2. The second kappa shape index (κ2) is 4.60. The molecule has 0 amide bonds. The third-order valence-corrected chi connectivity index (χ3v) is 3.46. The van der Waals surface area contributed by atoms with Crippen molar-refractivity contribution in [3.05, 3.63) is 23.7 Å². The standard InChI is InChI=1S/C13H21NO2/c1-10-5-6-12(16-10)11(2)14-9-13(15)7-3-4-8-13/h5-6,11,14-15H,3-4,7-9H2,1-2H3. The fraction of sp³-hybridized carbons (Fsp3) is 0.692. The number of furan rings is 1. The summed E-state index contributed by atoms with van der Waals surface area (Å²) < 4.78 is 5.55. The molecule has 2 N–H and O–H groups in total. The first-order valence-corrected chi connectivity index (χ1v) is 6.11. The SMILES string of the molecule is Cc1ccc(C(C)NCC2(O)CCCC2)o1. The van der Waals surface area contributed by atoms with Crippen molar-refractivity contribution in [1.82, 2.24) is 5.32 Å². The van der Waals surface area contributed by atoms with Gasteiger partial charge >= 0.3 is 0 Å². The van der Waals surface area contributed by atoms with Crippen LogP contribution in [0.15, 0.2) is 16.5 Å². The molecular formula is C13H21NO2. The summed E-state index contributed by atoms with van der Waals surface area (Å²) in [5.74, 6) is 1.88. The molecule has 1 fully saturated rings. The van der Waals surface area contributed by atoms with E-state index in [-0.39, 0.29) is 6.04 Å². The summed E-state index contributed by atoms with van der Waals surface area (Å²) in [5.41, 5.74) is -0.490. The van der Waals surface area contributed by atoms with Gasteiger partial charge in [-0.05, 0) is 38.8 Å². The largest absolute Gasteiger partial charge is 0.465 e.